The Morgan fingerprint density at radius 1 is 1.19 bits per heavy atom. The van der Waals surface area contributed by atoms with Gasteiger partial charge in [0.2, 0.25) is 15.9 Å². The molecule has 0 atom stereocenters. The molecule has 7 nitrogen and oxygen atoms in total. The number of sulfonamides is 1. The van der Waals surface area contributed by atoms with Crippen molar-refractivity contribution in [2.24, 2.45) is 11.1 Å². The van der Waals surface area contributed by atoms with E-state index in [1.165, 1.54) is 41.1 Å². The van der Waals surface area contributed by atoms with Crippen molar-refractivity contribution in [3.05, 3.63) is 54.0 Å². The van der Waals surface area contributed by atoms with Gasteiger partial charge in [-0.15, -0.1) is 0 Å². The molecule has 1 aliphatic rings. The maximum atomic E-state index is 14.3. The van der Waals surface area contributed by atoms with Crippen LogP contribution in [-0.4, -0.2) is 30.0 Å². The Labute approximate surface area is 182 Å². The number of hydrogen-bond acceptors (Lipinski definition) is 4. The van der Waals surface area contributed by atoms with Crippen LogP contribution >= 0.6 is 0 Å². The van der Waals surface area contributed by atoms with E-state index in [2.05, 4.69) is 10.4 Å². The Bertz CT molecular complexity index is 1280. The third-order valence-electron chi connectivity index (χ3n) is 5.62. The van der Waals surface area contributed by atoms with Crippen molar-refractivity contribution in [3.8, 4) is 0 Å². The molecule has 0 bridgehead atoms. The van der Waals surface area contributed by atoms with Gasteiger partial charge in [0.25, 0.3) is 5.91 Å². The molecule has 1 fully saturated rings. The summed E-state index contributed by atoms with van der Waals surface area (Å²) in [6.45, 7) is 0.185. The number of halogens is 3. The van der Waals surface area contributed by atoms with Crippen molar-refractivity contribution in [3.63, 3.8) is 0 Å². The number of nitrogens with one attached hydrogen (secondary N) is 1. The lowest BCUT2D eigenvalue weighted by molar-refractivity contribution is -0.0476. The molecule has 4 rings (SSSR count). The zero-order valence-electron chi connectivity index (χ0n) is 16.9. The van der Waals surface area contributed by atoms with Crippen LogP contribution in [0.15, 0.2) is 47.4 Å². The van der Waals surface area contributed by atoms with Crippen LogP contribution in [0.3, 0.4) is 0 Å². The maximum Gasteiger partial charge on any atom is 0.274 e. The molecule has 1 aromatic heterocycles. The van der Waals surface area contributed by atoms with Crippen LogP contribution in [0.4, 0.5) is 18.9 Å². The number of primary sulfonamides is 1. The first-order chi connectivity index (χ1) is 15.0. The van der Waals surface area contributed by atoms with Gasteiger partial charge < -0.3 is 5.32 Å². The molecular weight excluding hydrogens is 445 g/mol. The molecule has 32 heavy (non-hydrogen) atoms. The van der Waals surface area contributed by atoms with Gasteiger partial charge >= 0.3 is 0 Å². The second kappa shape index (κ2) is 8.21. The highest BCUT2D eigenvalue weighted by Gasteiger charge is 2.35. The fourth-order valence-electron chi connectivity index (χ4n) is 3.96. The lowest BCUT2D eigenvalue weighted by atomic mass is 9.87. The van der Waals surface area contributed by atoms with E-state index in [9.17, 15) is 26.4 Å². The van der Waals surface area contributed by atoms with Crippen molar-refractivity contribution in [1.82, 2.24) is 9.78 Å². The van der Waals surface area contributed by atoms with Gasteiger partial charge in [-0.05, 0) is 43.0 Å². The van der Waals surface area contributed by atoms with Crippen LogP contribution in [-0.2, 0) is 16.6 Å². The van der Waals surface area contributed by atoms with Gasteiger partial charge in [-0.3, -0.25) is 9.48 Å². The van der Waals surface area contributed by atoms with Gasteiger partial charge in [-0.25, -0.2) is 26.7 Å². The molecular formula is C21H21F3N4O3S. The fraction of sp³-hybridized carbons (Fsp3) is 0.333. The second-order valence-corrected chi connectivity index (χ2v) is 9.55. The standard InChI is InChI=1S/C21H21F3N4O3S/c22-17-6-2-5-16-18(17)27-28(12-13-7-9-21(23,24)10-8-13)19(16)20(29)26-14-3-1-4-15(11-14)32(25,30)31/h1-6,11,13H,7-10,12H2,(H,26,29)(H2,25,30,31). The van der Waals surface area contributed by atoms with Crippen LogP contribution < -0.4 is 10.5 Å². The van der Waals surface area contributed by atoms with Crippen molar-refractivity contribution < 1.29 is 26.4 Å². The summed E-state index contributed by atoms with van der Waals surface area (Å²) >= 11 is 0. The van der Waals surface area contributed by atoms with E-state index in [0.717, 1.165) is 0 Å². The minimum Gasteiger partial charge on any atom is -0.321 e. The SMILES string of the molecule is NS(=O)(=O)c1cccc(NC(=O)c2c3cccc(F)c3nn2CC2CCC(F)(F)CC2)c1. The summed E-state index contributed by atoms with van der Waals surface area (Å²) in [5, 5.41) is 12.2. The number of carbonyl (C=O) groups is 1. The summed E-state index contributed by atoms with van der Waals surface area (Å²) in [7, 11) is -3.97. The van der Waals surface area contributed by atoms with Gasteiger partial charge in [0.1, 0.15) is 11.2 Å². The van der Waals surface area contributed by atoms with Crippen molar-refractivity contribution in [1.29, 1.82) is 0 Å². The number of alkyl halides is 2. The summed E-state index contributed by atoms with van der Waals surface area (Å²) in [6.07, 6.45) is 0.0513. The number of amides is 1. The van der Waals surface area contributed by atoms with Crippen LogP contribution in [0.5, 0.6) is 0 Å². The molecule has 2 aromatic carbocycles. The number of aromatic nitrogens is 2. The molecule has 11 heteroatoms. The van der Waals surface area contributed by atoms with Gasteiger partial charge in [-0.1, -0.05) is 18.2 Å². The van der Waals surface area contributed by atoms with E-state index >= 15 is 0 Å². The normalized spacial score (nSPS) is 16.9. The van der Waals surface area contributed by atoms with E-state index in [4.69, 9.17) is 5.14 Å². The highest BCUT2D eigenvalue weighted by atomic mass is 32.2. The number of hydrogen-bond donors (Lipinski definition) is 2. The van der Waals surface area contributed by atoms with E-state index in [0.29, 0.717) is 0 Å². The predicted molar refractivity (Wildman–Crippen MR) is 112 cm³/mol. The first kappa shape index (κ1) is 22.3. The largest absolute Gasteiger partial charge is 0.321 e. The molecule has 3 aromatic rings. The minimum atomic E-state index is -3.97. The predicted octanol–water partition coefficient (Wildman–Crippen LogP) is 3.90. The number of nitrogens with two attached hydrogens (primary N) is 1. The Morgan fingerprint density at radius 2 is 1.88 bits per heavy atom. The topological polar surface area (TPSA) is 107 Å². The number of benzene rings is 2. The average Bonchev–Trinajstić information content (AvgIpc) is 3.09. The average molecular weight is 466 g/mol. The molecule has 1 amide bonds. The van der Waals surface area contributed by atoms with Crippen LogP contribution in [0.1, 0.15) is 36.2 Å². The number of nitrogens with zero attached hydrogens (tertiary/aromatic N) is 2. The first-order valence-electron chi connectivity index (χ1n) is 10.0. The van der Waals surface area contributed by atoms with Gasteiger partial charge in [0, 0.05) is 30.5 Å². The summed E-state index contributed by atoms with van der Waals surface area (Å²) in [6, 6.07) is 9.62. The third kappa shape index (κ3) is 4.63. The van der Waals surface area contributed by atoms with E-state index in [1.54, 1.807) is 6.07 Å². The molecule has 170 valence electrons. The molecule has 1 saturated carbocycles. The minimum absolute atomic E-state index is 0.00271. The van der Waals surface area contributed by atoms with E-state index < -0.39 is 27.7 Å². The van der Waals surface area contributed by atoms with Crippen molar-refractivity contribution in [2.45, 2.75) is 43.0 Å². The second-order valence-electron chi connectivity index (χ2n) is 7.99. The Kier molecular flexibility index (Phi) is 5.72. The molecule has 0 radical (unpaired) electrons. The summed E-state index contributed by atoms with van der Waals surface area (Å²) < 4.78 is 65.9. The van der Waals surface area contributed by atoms with Gasteiger partial charge in [0.05, 0.1) is 4.90 Å². The lowest BCUT2D eigenvalue weighted by Gasteiger charge is -2.28. The number of fused-ring (bicyclic) bond motifs is 1. The van der Waals surface area contributed by atoms with Crippen LogP contribution in [0, 0.1) is 11.7 Å². The highest BCUT2D eigenvalue weighted by molar-refractivity contribution is 7.89. The molecule has 3 N–H and O–H groups in total. The van der Waals surface area contributed by atoms with E-state index in [-0.39, 0.29) is 65.3 Å². The smallest absolute Gasteiger partial charge is 0.274 e. The molecule has 0 saturated heterocycles. The van der Waals surface area contributed by atoms with E-state index in [1.807, 2.05) is 0 Å². The number of anilines is 1. The Morgan fingerprint density at radius 3 is 2.56 bits per heavy atom. The summed E-state index contributed by atoms with van der Waals surface area (Å²) in [5.41, 5.74) is 0.242. The van der Waals surface area contributed by atoms with Crippen molar-refractivity contribution >= 4 is 32.5 Å². The Balaban J connectivity index is 1.67. The van der Waals surface area contributed by atoms with Gasteiger partial charge in [-0.2, -0.15) is 5.10 Å². The molecule has 0 unspecified atom stereocenters. The van der Waals surface area contributed by atoms with Crippen molar-refractivity contribution in [2.75, 3.05) is 5.32 Å². The van der Waals surface area contributed by atoms with Gasteiger partial charge in [0.15, 0.2) is 5.82 Å². The van der Waals surface area contributed by atoms with Crippen LogP contribution in [0.2, 0.25) is 0 Å². The highest BCUT2D eigenvalue weighted by Crippen LogP contribution is 2.37. The Hall–Kier alpha value is -2.92. The van der Waals surface area contributed by atoms with Crippen LogP contribution in [0.25, 0.3) is 10.9 Å². The molecule has 1 aliphatic carbocycles. The zero-order valence-corrected chi connectivity index (χ0v) is 17.7. The molecule has 1 heterocycles. The monoisotopic (exact) mass is 466 g/mol. The number of rotatable bonds is 5. The summed E-state index contributed by atoms with van der Waals surface area (Å²) in [4.78, 5) is 13.0. The maximum absolute atomic E-state index is 14.3. The molecule has 0 spiro atoms. The number of carbonyl (C=O) groups excluding carboxylic acids is 1. The lowest BCUT2D eigenvalue weighted by Crippen LogP contribution is -2.28. The zero-order chi connectivity index (χ0) is 23.1. The third-order valence-corrected chi connectivity index (χ3v) is 6.54. The summed E-state index contributed by atoms with van der Waals surface area (Å²) in [5.74, 6) is -4.07. The molecule has 0 aliphatic heterocycles. The fourth-order valence-corrected chi connectivity index (χ4v) is 4.52. The quantitative estimate of drug-likeness (QED) is 0.595. The first-order valence-corrected chi connectivity index (χ1v) is 11.6.